The molecule has 0 radical (unpaired) electrons. The third kappa shape index (κ3) is 3.28. The number of rotatable bonds is 4. The zero-order valence-electron chi connectivity index (χ0n) is 15.9. The van der Waals surface area contributed by atoms with Crippen LogP contribution in [-0.4, -0.2) is 32.3 Å². The number of nitrogens with zero attached hydrogens (tertiary/aromatic N) is 4. The van der Waals surface area contributed by atoms with Gasteiger partial charge in [0.1, 0.15) is 23.4 Å². The molecular weight excluding hydrogens is 359 g/mol. The van der Waals surface area contributed by atoms with Crippen LogP contribution in [0.1, 0.15) is 53.0 Å². The Hall–Kier alpha value is -3.09. The van der Waals surface area contributed by atoms with E-state index in [1.165, 1.54) is 18.5 Å². The first-order chi connectivity index (χ1) is 13.5. The van der Waals surface area contributed by atoms with E-state index in [0.29, 0.717) is 35.9 Å². The Labute approximate surface area is 162 Å². The van der Waals surface area contributed by atoms with Gasteiger partial charge in [0, 0.05) is 19.2 Å². The van der Waals surface area contributed by atoms with E-state index in [2.05, 4.69) is 15.0 Å². The van der Waals surface area contributed by atoms with Crippen molar-refractivity contribution in [2.24, 2.45) is 0 Å². The second-order valence-corrected chi connectivity index (χ2v) is 7.29. The molecular formula is C21H21FN4O2. The van der Waals surface area contributed by atoms with Crippen LogP contribution in [0.3, 0.4) is 0 Å². The molecule has 0 bridgehead atoms. The first-order valence-corrected chi connectivity index (χ1v) is 9.25. The fraction of sp³-hybridized carbons (Fsp3) is 0.333. The summed E-state index contributed by atoms with van der Waals surface area (Å²) < 4.78 is 19.4. The van der Waals surface area contributed by atoms with Gasteiger partial charge in [-0.05, 0) is 44.4 Å². The fourth-order valence-electron chi connectivity index (χ4n) is 3.74. The van der Waals surface area contributed by atoms with Gasteiger partial charge < -0.3 is 9.32 Å². The Morgan fingerprint density at radius 3 is 2.96 bits per heavy atom. The summed E-state index contributed by atoms with van der Waals surface area (Å²) in [4.78, 5) is 27.5. The minimum Gasteiger partial charge on any atom is -0.443 e. The molecule has 4 rings (SSSR count). The number of likely N-dealkylation sites (tertiary alicyclic amines) is 1. The van der Waals surface area contributed by atoms with Crippen molar-refractivity contribution in [3.05, 3.63) is 77.3 Å². The number of aryl methyl sites for hydroxylation is 1. The Bertz CT molecular complexity index is 1020. The molecule has 2 aromatic heterocycles. The normalized spacial score (nSPS) is 19.2. The standard InChI is InChI=1S/C21H21FN4O2/c1-14-18(12-23-13-25-14)19(27)26-8-4-7-21(26,2)20-24-11-17(28-20)10-15-5-3-6-16(22)9-15/h3,5-6,9,11-13H,4,7-8,10H2,1-2H3/t21-/m1/s1. The van der Waals surface area contributed by atoms with Crippen molar-refractivity contribution in [1.82, 2.24) is 19.9 Å². The van der Waals surface area contributed by atoms with Crippen LogP contribution in [0, 0.1) is 12.7 Å². The van der Waals surface area contributed by atoms with Crippen LogP contribution in [0.25, 0.3) is 0 Å². The summed E-state index contributed by atoms with van der Waals surface area (Å²) >= 11 is 0. The monoisotopic (exact) mass is 380 g/mol. The molecule has 0 aliphatic carbocycles. The molecule has 1 aliphatic heterocycles. The van der Waals surface area contributed by atoms with Crippen LogP contribution < -0.4 is 0 Å². The lowest BCUT2D eigenvalue weighted by atomic mass is 9.98. The quantitative estimate of drug-likeness (QED) is 0.691. The van der Waals surface area contributed by atoms with E-state index in [4.69, 9.17) is 4.42 Å². The van der Waals surface area contributed by atoms with Crippen molar-refractivity contribution in [3.63, 3.8) is 0 Å². The van der Waals surface area contributed by atoms with Gasteiger partial charge in [0.25, 0.3) is 5.91 Å². The molecule has 3 aromatic rings. The van der Waals surface area contributed by atoms with Crippen molar-refractivity contribution in [2.45, 2.75) is 38.6 Å². The van der Waals surface area contributed by atoms with E-state index in [9.17, 15) is 9.18 Å². The van der Waals surface area contributed by atoms with Gasteiger partial charge in [-0.1, -0.05) is 12.1 Å². The zero-order valence-corrected chi connectivity index (χ0v) is 15.9. The molecule has 0 spiro atoms. The largest absolute Gasteiger partial charge is 0.443 e. The van der Waals surface area contributed by atoms with E-state index in [1.54, 1.807) is 30.3 Å². The van der Waals surface area contributed by atoms with Crippen LogP contribution >= 0.6 is 0 Å². The molecule has 0 N–H and O–H groups in total. The van der Waals surface area contributed by atoms with Crippen molar-refractivity contribution >= 4 is 5.91 Å². The summed E-state index contributed by atoms with van der Waals surface area (Å²) in [6, 6.07) is 6.41. The summed E-state index contributed by atoms with van der Waals surface area (Å²) in [6.07, 6.45) is 6.70. The molecule has 144 valence electrons. The smallest absolute Gasteiger partial charge is 0.258 e. The fourth-order valence-corrected chi connectivity index (χ4v) is 3.74. The minimum absolute atomic E-state index is 0.122. The summed E-state index contributed by atoms with van der Waals surface area (Å²) in [6.45, 7) is 4.38. The second-order valence-electron chi connectivity index (χ2n) is 7.29. The van der Waals surface area contributed by atoms with Gasteiger partial charge in [0.2, 0.25) is 5.89 Å². The SMILES string of the molecule is Cc1ncncc1C(=O)N1CCC[C@]1(C)c1ncc(Cc2cccc(F)c2)o1. The van der Waals surface area contributed by atoms with E-state index in [-0.39, 0.29) is 11.7 Å². The van der Waals surface area contributed by atoms with Crippen LogP contribution in [0.15, 0.2) is 47.4 Å². The Balaban J connectivity index is 1.60. The molecule has 0 saturated carbocycles. The Morgan fingerprint density at radius 1 is 1.32 bits per heavy atom. The maximum absolute atomic E-state index is 13.4. The van der Waals surface area contributed by atoms with Crippen molar-refractivity contribution < 1.29 is 13.6 Å². The average molecular weight is 380 g/mol. The molecule has 1 saturated heterocycles. The van der Waals surface area contributed by atoms with Gasteiger partial charge in [-0.15, -0.1) is 0 Å². The maximum atomic E-state index is 13.4. The highest BCUT2D eigenvalue weighted by Gasteiger charge is 2.45. The van der Waals surface area contributed by atoms with Crippen molar-refractivity contribution in [1.29, 1.82) is 0 Å². The predicted octanol–water partition coefficient (Wildman–Crippen LogP) is 3.65. The van der Waals surface area contributed by atoms with Gasteiger partial charge in [0.05, 0.1) is 17.5 Å². The van der Waals surface area contributed by atoms with Crippen LogP contribution in [0.4, 0.5) is 4.39 Å². The minimum atomic E-state index is -0.639. The van der Waals surface area contributed by atoms with Gasteiger partial charge in [-0.2, -0.15) is 0 Å². The van der Waals surface area contributed by atoms with E-state index >= 15 is 0 Å². The third-order valence-corrected chi connectivity index (χ3v) is 5.31. The molecule has 6 nitrogen and oxygen atoms in total. The van der Waals surface area contributed by atoms with Gasteiger partial charge in [0.15, 0.2) is 0 Å². The highest BCUT2D eigenvalue weighted by molar-refractivity contribution is 5.95. The number of oxazole rings is 1. The number of halogens is 1. The van der Waals surface area contributed by atoms with Crippen LogP contribution in [-0.2, 0) is 12.0 Å². The lowest BCUT2D eigenvalue weighted by Gasteiger charge is -2.32. The molecule has 1 aromatic carbocycles. The highest BCUT2D eigenvalue weighted by atomic mass is 19.1. The van der Waals surface area contributed by atoms with E-state index in [1.807, 2.05) is 13.0 Å². The number of benzene rings is 1. The number of hydrogen-bond donors (Lipinski definition) is 0. The predicted molar refractivity (Wildman–Crippen MR) is 100 cm³/mol. The van der Waals surface area contributed by atoms with Crippen LogP contribution in [0.5, 0.6) is 0 Å². The lowest BCUT2D eigenvalue weighted by Crippen LogP contribution is -2.43. The second kappa shape index (κ2) is 7.14. The number of amides is 1. The summed E-state index contributed by atoms with van der Waals surface area (Å²) in [5.74, 6) is 0.736. The summed E-state index contributed by atoms with van der Waals surface area (Å²) in [5, 5.41) is 0. The van der Waals surface area contributed by atoms with Crippen molar-refractivity contribution in [3.8, 4) is 0 Å². The zero-order chi connectivity index (χ0) is 19.7. The molecule has 3 heterocycles. The molecule has 1 atom stereocenters. The topological polar surface area (TPSA) is 72.1 Å². The molecule has 28 heavy (non-hydrogen) atoms. The number of carbonyl (C=O) groups excluding carboxylic acids is 1. The molecule has 7 heteroatoms. The van der Waals surface area contributed by atoms with Gasteiger partial charge in [-0.25, -0.2) is 19.3 Å². The van der Waals surface area contributed by atoms with Gasteiger partial charge in [-0.3, -0.25) is 4.79 Å². The summed E-state index contributed by atoms with van der Waals surface area (Å²) in [5.41, 5.74) is 1.30. The van der Waals surface area contributed by atoms with Crippen molar-refractivity contribution in [2.75, 3.05) is 6.54 Å². The first kappa shape index (κ1) is 18.3. The first-order valence-electron chi connectivity index (χ1n) is 9.25. The lowest BCUT2D eigenvalue weighted by molar-refractivity contribution is 0.0561. The third-order valence-electron chi connectivity index (χ3n) is 5.31. The molecule has 1 amide bonds. The Morgan fingerprint density at radius 2 is 2.18 bits per heavy atom. The maximum Gasteiger partial charge on any atom is 0.258 e. The average Bonchev–Trinajstić information content (AvgIpc) is 3.29. The Kier molecular flexibility index (Phi) is 4.66. The molecule has 1 aliphatic rings. The van der Waals surface area contributed by atoms with Gasteiger partial charge >= 0.3 is 0 Å². The number of aromatic nitrogens is 3. The number of carbonyl (C=O) groups is 1. The van der Waals surface area contributed by atoms with E-state index in [0.717, 1.165) is 18.4 Å². The summed E-state index contributed by atoms with van der Waals surface area (Å²) in [7, 11) is 0. The van der Waals surface area contributed by atoms with Crippen LogP contribution in [0.2, 0.25) is 0 Å². The van der Waals surface area contributed by atoms with E-state index < -0.39 is 5.54 Å². The molecule has 0 unspecified atom stereocenters. The number of hydrogen-bond acceptors (Lipinski definition) is 5. The molecule has 1 fully saturated rings. The highest BCUT2D eigenvalue weighted by Crippen LogP contribution is 2.39.